The first-order valence-electron chi connectivity index (χ1n) is 8.71. The highest BCUT2D eigenvalue weighted by atomic mass is 127. The van der Waals surface area contributed by atoms with E-state index < -0.39 is 0 Å². The monoisotopic (exact) mass is 438 g/mol. The number of hydrogen-bond acceptors (Lipinski definition) is 2. The van der Waals surface area contributed by atoms with Gasteiger partial charge >= 0.3 is 0 Å². The molecule has 136 valence electrons. The van der Waals surface area contributed by atoms with Crippen molar-refractivity contribution in [2.24, 2.45) is 16.8 Å². The maximum Gasteiger partial charge on any atom is 0.221 e. The summed E-state index contributed by atoms with van der Waals surface area (Å²) in [6.07, 6.45) is 3.98. The first-order chi connectivity index (χ1) is 10.5. The number of carbonyl (C=O) groups excluding carboxylic acids is 1. The van der Waals surface area contributed by atoms with Gasteiger partial charge in [-0.1, -0.05) is 20.8 Å². The van der Waals surface area contributed by atoms with Gasteiger partial charge in [-0.3, -0.25) is 9.79 Å². The fraction of sp³-hybridized carbons (Fsp3) is 0.882. The van der Waals surface area contributed by atoms with Crippen molar-refractivity contribution in [3.05, 3.63) is 0 Å². The molecule has 2 N–H and O–H groups in total. The van der Waals surface area contributed by atoms with Crippen molar-refractivity contribution in [2.75, 3.05) is 26.7 Å². The molecular formula is C17H35IN4O. The van der Waals surface area contributed by atoms with Crippen molar-refractivity contribution in [3.8, 4) is 0 Å². The Hall–Kier alpha value is -0.530. The molecule has 6 heteroatoms. The van der Waals surface area contributed by atoms with Gasteiger partial charge in [0.1, 0.15) is 0 Å². The van der Waals surface area contributed by atoms with Gasteiger partial charge in [0, 0.05) is 39.1 Å². The van der Waals surface area contributed by atoms with E-state index in [1.165, 1.54) is 12.8 Å². The minimum absolute atomic E-state index is 0. The Kier molecular flexibility index (Phi) is 11.6. The summed E-state index contributed by atoms with van der Waals surface area (Å²) in [4.78, 5) is 18.4. The molecule has 0 spiro atoms. The molecule has 0 radical (unpaired) electrons. The average molecular weight is 438 g/mol. The van der Waals surface area contributed by atoms with E-state index in [9.17, 15) is 4.79 Å². The van der Waals surface area contributed by atoms with Crippen LogP contribution in [0.4, 0.5) is 0 Å². The Labute approximate surface area is 159 Å². The van der Waals surface area contributed by atoms with E-state index in [1.54, 1.807) is 0 Å². The van der Waals surface area contributed by atoms with E-state index in [1.807, 2.05) is 14.0 Å². The standard InChI is InChI=1S/C17H34N4O.HI/c1-6-14(4)20-16(22)7-9-19-17(18-5)21-10-8-15(12-21)11-13(2)3;/h13-15H,6-12H2,1-5H3,(H,18,19)(H,20,22);1H. The van der Waals surface area contributed by atoms with Gasteiger partial charge in [-0.25, -0.2) is 0 Å². The number of amides is 1. The van der Waals surface area contributed by atoms with Gasteiger partial charge in [0.15, 0.2) is 5.96 Å². The molecule has 1 heterocycles. The fourth-order valence-electron chi connectivity index (χ4n) is 2.95. The zero-order valence-corrected chi connectivity index (χ0v) is 17.7. The summed E-state index contributed by atoms with van der Waals surface area (Å²) in [6, 6.07) is 0.252. The third-order valence-electron chi connectivity index (χ3n) is 4.26. The number of aliphatic imine (C=N–C) groups is 1. The molecule has 2 unspecified atom stereocenters. The van der Waals surface area contributed by atoms with Crippen LogP contribution in [0.1, 0.15) is 53.4 Å². The highest BCUT2D eigenvalue weighted by molar-refractivity contribution is 14.0. The van der Waals surface area contributed by atoms with Crippen molar-refractivity contribution in [1.29, 1.82) is 0 Å². The lowest BCUT2D eigenvalue weighted by atomic mass is 9.97. The molecule has 1 amide bonds. The third kappa shape index (κ3) is 8.77. The SMILES string of the molecule is CCC(C)NC(=O)CCNC(=NC)N1CCC(CC(C)C)C1.I. The topological polar surface area (TPSA) is 56.7 Å². The van der Waals surface area contributed by atoms with Crippen molar-refractivity contribution < 1.29 is 4.79 Å². The quantitative estimate of drug-likeness (QED) is 0.365. The Morgan fingerprint density at radius 3 is 2.61 bits per heavy atom. The predicted molar refractivity (Wildman–Crippen MR) is 108 cm³/mol. The molecule has 1 fully saturated rings. The summed E-state index contributed by atoms with van der Waals surface area (Å²) in [5.74, 6) is 2.57. The minimum Gasteiger partial charge on any atom is -0.356 e. The molecule has 1 aliphatic heterocycles. The van der Waals surface area contributed by atoms with E-state index in [0.29, 0.717) is 13.0 Å². The lowest BCUT2D eigenvalue weighted by Gasteiger charge is -2.22. The molecule has 0 aliphatic carbocycles. The van der Waals surface area contributed by atoms with Gasteiger partial charge in [-0.15, -0.1) is 24.0 Å². The van der Waals surface area contributed by atoms with Gasteiger partial charge < -0.3 is 15.5 Å². The number of carbonyl (C=O) groups is 1. The summed E-state index contributed by atoms with van der Waals surface area (Å²) in [7, 11) is 1.82. The Morgan fingerprint density at radius 2 is 2.04 bits per heavy atom. The number of hydrogen-bond donors (Lipinski definition) is 2. The summed E-state index contributed by atoms with van der Waals surface area (Å²) in [5.41, 5.74) is 0. The zero-order valence-electron chi connectivity index (χ0n) is 15.4. The number of guanidine groups is 1. The van der Waals surface area contributed by atoms with Gasteiger partial charge in [0.25, 0.3) is 0 Å². The Morgan fingerprint density at radius 1 is 1.35 bits per heavy atom. The maximum absolute atomic E-state index is 11.8. The molecule has 1 saturated heterocycles. The predicted octanol–water partition coefficient (Wildman–Crippen LogP) is 2.85. The summed E-state index contributed by atoms with van der Waals surface area (Å²) >= 11 is 0. The van der Waals surface area contributed by atoms with Crippen LogP contribution in [0.25, 0.3) is 0 Å². The fourth-order valence-corrected chi connectivity index (χ4v) is 2.95. The minimum atomic E-state index is 0. The van der Waals surface area contributed by atoms with Crippen molar-refractivity contribution in [1.82, 2.24) is 15.5 Å². The average Bonchev–Trinajstić information content (AvgIpc) is 2.90. The highest BCUT2D eigenvalue weighted by Crippen LogP contribution is 2.23. The van der Waals surface area contributed by atoms with Crippen LogP contribution < -0.4 is 10.6 Å². The summed E-state index contributed by atoms with van der Waals surface area (Å²) < 4.78 is 0. The number of halogens is 1. The van der Waals surface area contributed by atoms with Crippen LogP contribution in [0.15, 0.2) is 4.99 Å². The van der Waals surface area contributed by atoms with Crippen LogP contribution in [0.3, 0.4) is 0 Å². The lowest BCUT2D eigenvalue weighted by molar-refractivity contribution is -0.121. The van der Waals surface area contributed by atoms with Gasteiger partial charge in [-0.2, -0.15) is 0 Å². The first-order valence-corrected chi connectivity index (χ1v) is 8.71. The molecule has 0 aromatic heterocycles. The number of nitrogens with zero attached hydrogens (tertiary/aromatic N) is 2. The molecule has 0 saturated carbocycles. The largest absolute Gasteiger partial charge is 0.356 e. The summed E-state index contributed by atoms with van der Waals surface area (Å²) in [5, 5.41) is 6.31. The van der Waals surface area contributed by atoms with Crippen molar-refractivity contribution >= 4 is 35.8 Å². The van der Waals surface area contributed by atoms with Gasteiger partial charge in [-0.05, 0) is 38.0 Å². The molecule has 1 aliphatic rings. The van der Waals surface area contributed by atoms with Crippen LogP contribution in [0.5, 0.6) is 0 Å². The number of likely N-dealkylation sites (tertiary alicyclic amines) is 1. The van der Waals surface area contributed by atoms with E-state index in [0.717, 1.165) is 37.3 Å². The number of rotatable bonds is 7. The van der Waals surface area contributed by atoms with Crippen molar-refractivity contribution in [3.63, 3.8) is 0 Å². The lowest BCUT2D eigenvalue weighted by Crippen LogP contribution is -2.42. The van der Waals surface area contributed by atoms with Crippen LogP contribution in [0, 0.1) is 11.8 Å². The molecule has 2 atom stereocenters. The number of nitrogens with one attached hydrogen (secondary N) is 2. The molecular weight excluding hydrogens is 403 g/mol. The van der Waals surface area contributed by atoms with Crippen LogP contribution in [-0.4, -0.2) is 49.5 Å². The first kappa shape index (κ1) is 22.5. The highest BCUT2D eigenvalue weighted by Gasteiger charge is 2.25. The second-order valence-corrected chi connectivity index (χ2v) is 6.83. The van der Waals surface area contributed by atoms with Crippen LogP contribution in [-0.2, 0) is 4.79 Å². The van der Waals surface area contributed by atoms with E-state index in [4.69, 9.17) is 0 Å². The molecule has 5 nitrogen and oxygen atoms in total. The smallest absolute Gasteiger partial charge is 0.221 e. The van der Waals surface area contributed by atoms with Crippen LogP contribution >= 0.6 is 24.0 Å². The van der Waals surface area contributed by atoms with Gasteiger partial charge in [0.2, 0.25) is 5.91 Å². The van der Waals surface area contributed by atoms with Crippen molar-refractivity contribution in [2.45, 2.75) is 59.4 Å². The molecule has 0 aromatic rings. The normalized spacial score (nSPS) is 19.5. The van der Waals surface area contributed by atoms with E-state index in [2.05, 4.69) is 41.3 Å². The summed E-state index contributed by atoms with van der Waals surface area (Å²) in [6.45, 7) is 11.5. The third-order valence-corrected chi connectivity index (χ3v) is 4.26. The van der Waals surface area contributed by atoms with Gasteiger partial charge in [0.05, 0.1) is 0 Å². The maximum atomic E-state index is 11.8. The second-order valence-electron chi connectivity index (χ2n) is 6.83. The second kappa shape index (κ2) is 11.9. The Bertz CT molecular complexity index is 374. The van der Waals surface area contributed by atoms with Crippen LogP contribution in [0.2, 0.25) is 0 Å². The zero-order chi connectivity index (χ0) is 16.5. The molecule has 0 aromatic carbocycles. The van der Waals surface area contributed by atoms with E-state index in [-0.39, 0.29) is 35.9 Å². The van der Waals surface area contributed by atoms with E-state index >= 15 is 0 Å². The Balaban J connectivity index is 0.00000484. The molecule has 23 heavy (non-hydrogen) atoms. The molecule has 1 rings (SSSR count). The molecule has 0 bridgehead atoms.